The van der Waals surface area contributed by atoms with Crippen LogP contribution in [0.1, 0.15) is 21.7 Å². The summed E-state index contributed by atoms with van der Waals surface area (Å²) in [5.74, 6) is -1.02. The summed E-state index contributed by atoms with van der Waals surface area (Å²) >= 11 is 0. The Morgan fingerprint density at radius 2 is 2.31 bits per heavy atom. The van der Waals surface area contributed by atoms with Crippen molar-refractivity contribution in [2.24, 2.45) is 0 Å². The first-order valence-electron chi connectivity index (χ1n) is 4.83. The third kappa shape index (κ3) is 2.25. The van der Waals surface area contributed by atoms with Gasteiger partial charge in [0.2, 0.25) is 0 Å². The van der Waals surface area contributed by atoms with Gasteiger partial charge >= 0.3 is 5.97 Å². The molecule has 0 fully saturated rings. The third-order valence-electron chi connectivity index (χ3n) is 2.16. The minimum atomic E-state index is -1.02. The van der Waals surface area contributed by atoms with Gasteiger partial charge in [0.25, 0.3) is 0 Å². The fourth-order valence-electron chi connectivity index (χ4n) is 1.43. The molecule has 0 saturated carbocycles. The van der Waals surface area contributed by atoms with Gasteiger partial charge in [0, 0.05) is 12.4 Å². The highest BCUT2D eigenvalue weighted by atomic mass is 16.4. The Morgan fingerprint density at radius 1 is 1.50 bits per heavy atom. The molecular formula is C11H11N3O2. The first-order valence-corrected chi connectivity index (χ1v) is 4.83. The van der Waals surface area contributed by atoms with Gasteiger partial charge in [0.1, 0.15) is 5.69 Å². The summed E-state index contributed by atoms with van der Waals surface area (Å²) in [7, 11) is 0. The smallest absolute Gasteiger partial charge is 0.354 e. The lowest BCUT2D eigenvalue weighted by atomic mass is 10.2. The van der Waals surface area contributed by atoms with Crippen LogP contribution in [0.4, 0.5) is 0 Å². The topological polar surface area (TPSA) is 68.0 Å². The molecule has 0 atom stereocenters. The number of carboxylic acids is 1. The molecular weight excluding hydrogens is 206 g/mol. The number of carboxylic acid groups (broad SMARTS) is 1. The van der Waals surface area contributed by atoms with E-state index >= 15 is 0 Å². The van der Waals surface area contributed by atoms with Crippen LogP contribution in [0.15, 0.2) is 30.6 Å². The van der Waals surface area contributed by atoms with Gasteiger partial charge in [0.15, 0.2) is 0 Å². The van der Waals surface area contributed by atoms with E-state index < -0.39 is 5.97 Å². The summed E-state index contributed by atoms with van der Waals surface area (Å²) in [6.45, 7) is 2.46. The zero-order chi connectivity index (χ0) is 11.5. The molecule has 0 aliphatic rings. The Hall–Kier alpha value is -2.17. The first-order chi connectivity index (χ1) is 7.65. The number of pyridine rings is 1. The largest absolute Gasteiger partial charge is 0.477 e. The molecule has 0 bridgehead atoms. The summed E-state index contributed by atoms with van der Waals surface area (Å²) in [5, 5.41) is 13.0. The second-order valence-corrected chi connectivity index (χ2v) is 3.51. The van der Waals surface area contributed by atoms with Gasteiger partial charge in [-0.1, -0.05) is 0 Å². The van der Waals surface area contributed by atoms with Crippen LogP contribution in [0.25, 0.3) is 0 Å². The zero-order valence-corrected chi connectivity index (χ0v) is 8.79. The van der Waals surface area contributed by atoms with Crippen molar-refractivity contribution in [3.63, 3.8) is 0 Å². The number of nitrogens with zero attached hydrogens (tertiary/aromatic N) is 3. The van der Waals surface area contributed by atoms with Gasteiger partial charge in [-0.05, 0) is 30.7 Å². The molecule has 5 nitrogen and oxygen atoms in total. The van der Waals surface area contributed by atoms with E-state index in [2.05, 4.69) is 10.1 Å². The Balaban J connectivity index is 2.21. The number of hydrogen-bond donors (Lipinski definition) is 1. The van der Waals surface area contributed by atoms with Crippen molar-refractivity contribution >= 4 is 5.97 Å². The SMILES string of the molecule is Cc1ccn(Cc2ccnc(C(=O)O)c2)n1. The maximum absolute atomic E-state index is 10.7. The van der Waals surface area contributed by atoms with E-state index in [-0.39, 0.29) is 5.69 Å². The molecule has 2 rings (SSSR count). The third-order valence-corrected chi connectivity index (χ3v) is 2.16. The summed E-state index contributed by atoms with van der Waals surface area (Å²) in [6.07, 6.45) is 3.35. The molecule has 0 aliphatic carbocycles. The number of aromatic carboxylic acids is 1. The van der Waals surface area contributed by atoms with Gasteiger partial charge in [0.05, 0.1) is 12.2 Å². The number of aromatic nitrogens is 3. The highest BCUT2D eigenvalue weighted by Gasteiger charge is 2.05. The fourth-order valence-corrected chi connectivity index (χ4v) is 1.43. The van der Waals surface area contributed by atoms with Crippen molar-refractivity contribution in [2.75, 3.05) is 0 Å². The maximum Gasteiger partial charge on any atom is 0.354 e. The quantitative estimate of drug-likeness (QED) is 0.842. The second-order valence-electron chi connectivity index (χ2n) is 3.51. The molecule has 0 saturated heterocycles. The lowest BCUT2D eigenvalue weighted by molar-refractivity contribution is 0.0690. The standard InChI is InChI=1S/C11H11N3O2/c1-8-3-5-14(13-8)7-9-2-4-12-10(6-9)11(15)16/h2-6H,7H2,1H3,(H,15,16). The van der Waals surface area contributed by atoms with Crippen LogP contribution >= 0.6 is 0 Å². The molecule has 2 aromatic rings. The Labute approximate surface area is 92.4 Å². The lowest BCUT2D eigenvalue weighted by Gasteiger charge is -2.02. The predicted octanol–water partition coefficient (Wildman–Crippen LogP) is 1.33. The number of carbonyl (C=O) groups is 1. The molecule has 0 spiro atoms. The van der Waals surface area contributed by atoms with Crippen molar-refractivity contribution < 1.29 is 9.90 Å². The summed E-state index contributed by atoms with van der Waals surface area (Å²) in [4.78, 5) is 14.5. The number of rotatable bonds is 3. The van der Waals surface area contributed by atoms with Crippen LogP contribution in [0.2, 0.25) is 0 Å². The zero-order valence-electron chi connectivity index (χ0n) is 8.79. The Bertz CT molecular complexity index is 519. The van der Waals surface area contributed by atoms with Crippen LogP contribution < -0.4 is 0 Å². The van der Waals surface area contributed by atoms with Gasteiger partial charge < -0.3 is 5.11 Å². The molecule has 1 N–H and O–H groups in total. The van der Waals surface area contributed by atoms with Crippen LogP contribution in [-0.4, -0.2) is 25.8 Å². The fraction of sp³-hybridized carbons (Fsp3) is 0.182. The van der Waals surface area contributed by atoms with Crippen LogP contribution in [0, 0.1) is 6.92 Å². The molecule has 16 heavy (non-hydrogen) atoms. The van der Waals surface area contributed by atoms with E-state index in [4.69, 9.17) is 5.11 Å². The molecule has 0 aromatic carbocycles. The second kappa shape index (κ2) is 4.14. The van der Waals surface area contributed by atoms with Crippen molar-refractivity contribution in [1.29, 1.82) is 0 Å². The molecule has 0 unspecified atom stereocenters. The van der Waals surface area contributed by atoms with Crippen molar-refractivity contribution in [3.8, 4) is 0 Å². The van der Waals surface area contributed by atoms with E-state index in [1.807, 2.05) is 19.2 Å². The Morgan fingerprint density at radius 3 is 2.94 bits per heavy atom. The van der Waals surface area contributed by atoms with Crippen molar-refractivity contribution in [1.82, 2.24) is 14.8 Å². The van der Waals surface area contributed by atoms with Gasteiger partial charge in [-0.25, -0.2) is 9.78 Å². The highest BCUT2D eigenvalue weighted by molar-refractivity contribution is 5.85. The predicted molar refractivity (Wildman–Crippen MR) is 57.3 cm³/mol. The van der Waals surface area contributed by atoms with E-state index in [0.717, 1.165) is 11.3 Å². The number of hydrogen-bond acceptors (Lipinski definition) is 3. The van der Waals surface area contributed by atoms with Crippen LogP contribution in [0.5, 0.6) is 0 Å². The van der Waals surface area contributed by atoms with Crippen LogP contribution in [0.3, 0.4) is 0 Å². The summed E-state index contributed by atoms with van der Waals surface area (Å²) < 4.78 is 1.76. The average Bonchev–Trinajstić information content (AvgIpc) is 2.64. The molecule has 0 radical (unpaired) electrons. The Kier molecular flexibility index (Phi) is 2.68. The molecule has 2 heterocycles. The molecule has 0 aliphatic heterocycles. The molecule has 2 aromatic heterocycles. The highest BCUT2D eigenvalue weighted by Crippen LogP contribution is 2.04. The monoisotopic (exact) mass is 217 g/mol. The van der Waals surface area contributed by atoms with Crippen molar-refractivity contribution in [3.05, 3.63) is 47.5 Å². The van der Waals surface area contributed by atoms with Gasteiger partial charge in [-0.15, -0.1) is 0 Å². The molecule has 82 valence electrons. The van der Waals surface area contributed by atoms with E-state index in [9.17, 15) is 4.79 Å². The van der Waals surface area contributed by atoms with Crippen molar-refractivity contribution in [2.45, 2.75) is 13.5 Å². The van der Waals surface area contributed by atoms with Gasteiger partial charge in [-0.2, -0.15) is 5.10 Å². The van der Waals surface area contributed by atoms with Gasteiger partial charge in [-0.3, -0.25) is 4.68 Å². The molecule has 5 heteroatoms. The van der Waals surface area contributed by atoms with E-state index in [1.54, 1.807) is 16.8 Å². The van der Waals surface area contributed by atoms with Crippen LogP contribution in [-0.2, 0) is 6.54 Å². The average molecular weight is 217 g/mol. The lowest BCUT2D eigenvalue weighted by Crippen LogP contribution is -2.04. The van der Waals surface area contributed by atoms with E-state index in [1.165, 1.54) is 6.20 Å². The molecule has 0 amide bonds. The number of aryl methyl sites for hydroxylation is 1. The van der Waals surface area contributed by atoms with E-state index in [0.29, 0.717) is 6.54 Å². The summed E-state index contributed by atoms with van der Waals surface area (Å²) in [5.41, 5.74) is 1.87. The normalized spacial score (nSPS) is 10.3. The first kappa shape index (κ1) is 10.4. The minimum Gasteiger partial charge on any atom is -0.477 e. The maximum atomic E-state index is 10.7. The summed E-state index contributed by atoms with van der Waals surface area (Å²) in [6, 6.07) is 5.24. The minimum absolute atomic E-state index is 0.0568.